The van der Waals surface area contributed by atoms with Gasteiger partial charge in [0.05, 0.1) is 11.5 Å². The van der Waals surface area contributed by atoms with Crippen LogP contribution in [0.5, 0.6) is 0 Å². The molecule has 0 amide bonds. The highest BCUT2D eigenvalue weighted by Gasteiger charge is 2.04. The molecule has 63 valence electrons. The van der Waals surface area contributed by atoms with Gasteiger partial charge in [-0.15, -0.1) is 0 Å². The summed E-state index contributed by atoms with van der Waals surface area (Å²) in [6.45, 7) is 1.70. The Labute approximate surface area is 70.4 Å². The van der Waals surface area contributed by atoms with E-state index in [0.29, 0.717) is 0 Å². The largest absolute Gasteiger partial charge is 0.311 e. The van der Waals surface area contributed by atoms with Crippen LogP contribution in [0.25, 0.3) is 0 Å². The van der Waals surface area contributed by atoms with Gasteiger partial charge in [-0.25, -0.2) is 0 Å². The van der Waals surface area contributed by atoms with Gasteiger partial charge in [0.15, 0.2) is 0 Å². The number of hydrogen-bond donors (Lipinski definition) is 1. The van der Waals surface area contributed by atoms with Crippen molar-refractivity contribution in [3.63, 3.8) is 0 Å². The number of nitrogens with one attached hydrogen (secondary N) is 1. The quantitative estimate of drug-likeness (QED) is 0.543. The van der Waals surface area contributed by atoms with Gasteiger partial charge in [0.25, 0.3) is 5.69 Å². The molecule has 1 aromatic rings. The van der Waals surface area contributed by atoms with Crippen molar-refractivity contribution in [1.29, 1.82) is 0 Å². The number of nitrogens with zero attached hydrogens (tertiary/aromatic N) is 1. The first-order chi connectivity index (χ1) is 5.74. The molecule has 0 aliphatic heterocycles. The van der Waals surface area contributed by atoms with Crippen LogP contribution < -0.4 is 5.32 Å². The topological polar surface area (TPSA) is 55.2 Å². The minimum absolute atomic E-state index is 0.110. The SMILES string of the molecule is CN[CH]c1cccc([N+](=O)[O-])c1. The van der Waals surface area contributed by atoms with Crippen LogP contribution in [0, 0.1) is 16.7 Å². The summed E-state index contributed by atoms with van der Waals surface area (Å²) < 4.78 is 0. The van der Waals surface area contributed by atoms with Gasteiger partial charge in [-0.3, -0.25) is 10.1 Å². The van der Waals surface area contributed by atoms with E-state index < -0.39 is 4.92 Å². The molecule has 1 rings (SSSR count). The number of hydrogen-bond acceptors (Lipinski definition) is 3. The van der Waals surface area contributed by atoms with E-state index >= 15 is 0 Å². The van der Waals surface area contributed by atoms with Crippen molar-refractivity contribution in [2.24, 2.45) is 0 Å². The molecular weight excluding hydrogens is 156 g/mol. The van der Waals surface area contributed by atoms with Crippen LogP contribution in [-0.4, -0.2) is 12.0 Å². The minimum atomic E-state index is -0.410. The average molecular weight is 165 g/mol. The minimum Gasteiger partial charge on any atom is -0.311 e. The molecule has 0 bridgehead atoms. The van der Waals surface area contributed by atoms with E-state index in [2.05, 4.69) is 5.32 Å². The summed E-state index contributed by atoms with van der Waals surface area (Å²) in [5.41, 5.74) is 0.908. The fourth-order valence-corrected chi connectivity index (χ4v) is 0.895. The molecule has 1 N–H and O–H groups in total. The molecule has 0 saturated heterocycles. The van der Waals surface area contributed by atoms with E-state index in [1.54, 1.807) is 25.7 Å². The number of nitro benzene ring substituents is 1. The van der Waals surface area contributed by atoms with E-state index in [9.17, 15) is 10.1 Å². The second-order valence-electron chi connectivity index (χ2n) is 2.29. The zero-order chi connectivity index (χ0) is 8.97. The Morgan fingerprint density at radius 3 is 2.92 bits per heavy atom. The second-order valence-corrected chi connectivity index (χ2v) is 2.29. The van der Waals surface area contributed by atoms with Crippen LogP contribution >= 0.6 is 0 Å². The third-order valence-corrected chi connectivity index (χ3v) is 1.39. The summed E-state index contributed by atoms with van der Waals surface area (Å²) in [5.74, 6) is 0. The Balaban J connectivity index is 2.88. The molecule has 0 heterocycles. The molecule has 4 heteroatoms. The molecule has 1 radical (unpaired) electrons. The van der Waals surface area contributed by atoms with Crippen LogP contribution in [0.15, 0.2) is 24.3 Å². The summed E-state index contributed by atoms with van der Waals surface area (Å²) >= 11 is 0. The maximum Gasteiger partial charge on any atom is 0.269 e. The lowest BCUT2D eigenvalue weighted by Gasteiger charge is -1.97. The molecule has 0 spiro atoms. The molecule has 0 fully saturated rings. The smallest absolute Gasteiger partial charge is 0.269 e. The third-order valence-electron chi connectivity index (χ3n) is 1.39. The van der Waals surface area contributed by atoms with Crippen molar-refractivity contribution in [3.8, 4) is 0 Å². The molecule has 0 unspecified atom stereocenters. The Bertz CT molecular complexity index is 286. The number of benzene rings is 1. The maximum absolute atomic E-state index is 10.3. The summed E-state index contributed by atoms with van der Waals surface area (Å²) in [4.78, 5) is 9.92. The Hall–Kier alpha value is -1.42. The predicted octanol–water partition coefficient (Wildman–Crippen LogP) is 1.32. The summed E-state index contributed by atoms with van der Waals surface area (Å²) in [5, 5.41) is 13.1. The molecule has 0 saturated carbocycles. The third kappa shape index (κ3) is 2.03. The van der Waals surface area contributed by atoms with Crippen LogP contribution in [-0.2, 0) is 0 Å². The van der Waals surface area contributed by atoms with Gasteiger partial charge < -0.3 is 5.32 Å². The number of rotatable bonds is 3. The first-order valence-corrected chi connectivity index (χ1v) is 3.49. The highest BCUT2D eigenvalue weighted by molar-refractivity contribution is 5.36. The van der Waals surface area contributed by atoms with Gasteiger partial charge in [0.1, 0.15) is 0 Å². The van der Waals surface area contributed by atoms with Crippen LogP contribution in [0.1, 0.15) is 5.56 Å². The van der Waals surface area contributed by atoms with Crippen molar-refractivity contribution in [2.75, 3.05) is 7.05 Å². The highest BCUT2D eigenvalue weighted by atomic mass is 16.6. The van der Waals surface area contributed by atoms with Gasteiger partial charge in [0, 0.05) is 12.1 Å². The van der Waals surface area contributed by atoms with Gasteiger partial charge >= 0.3 is 0 Å². The molecular formula is C8H9N2O2. The fourth-order valence-electron chi connectivity index (χ4n) is 0.895. The van der Waals surface area contributed by atoms with E-state index in [-0.39, 0.29) is 5.69 Å². The molecule has 0 aromatic heterocycles. The molecule has 0 atom stereocenters. The van der Waals surface area contributed by atoms with Crippen LogP contribution in [0.3, 0.4) is 0 Å². The zero-order valence-electron chi connectivity index (χ0n) is 6.65. The lowest BCUT2D eigenvalue weighted by Crippen LogP contribution is -2.01. The van der Waals surface area contributed by atoms with Crippen molar-refractivity contribution in [1.82, 2.24) is 5.32 Å². The Morgan fingerprint density at radius 1 is 1.58 bits per heavy atom. The highest BCUT2D eigenvalue weighted by Crippen LogP contribution is 2.12. The van der Waals surface area contributed by atoms with E-state index in [1.165, 1.54) is 12.1 Å². The normalized spacial score (nSPS) is 9.75. The molecule has 0 aliphatic rings. The lowest BCUT2D eigenvalue weighted by molar-refractivity contribution is -0.384. The van der Waals surface area contributed by atoms with E-state index in [1.807, 2.05) is 0 Å². The summed E-state index contributed by atoms with van der Waals surface area (Å²) in [6, 6.07) is 6.42. The standard InChI is InChI=1S/C8H9N2O2/c1-9-6-7-3-2-4-8(5-7)10(11)12/h2-6,9H,1H3. The Morgan fingerprint density at radius 2 is 2.33 bits per heavy atom. The van der Waals surface area contributed by atoms with Crippen molar-refractivity contribution < 1.29 is 4.92 Å². The summed E-state index contributed by atoms with van der Waals surface area (Å²) in [7, 11) is 1.75. The summed E-state index contributed by atoms with van der Waals surface area (Å²) in [6.07, 6.45) is 0. The predicted molar refractivity (Wildman–Crippen MR) is 45.6 cm³/mol. The first-order valence-electron chi connectivity index (χ1n) is 3.49. The molecule has 4 nitrogen and oxygen atoms in total. The Kier molecular flexibility index (Phi) is 2.76. The van der Waals surface area contributed by atoms with Gasteiger partial charge in [0.2, 0.25) is 0 Å². The van der Waals surface area contributed by atoms with Gasteiger partial charge in [-0.05, 0) is 12.6 Å². The lowest BCUT2D eigenvalue weighted by atomic mass is 10.2. The first kappa shape index (κ1) is 8.67. The second kappa shape index (κ2) is 3.82. The maximum atomic E-state index is 10.3. The van der Waals surface area contributed by atoms with Crippen LogP contribution in [0.4, 0.5) is 5.69 Å². The van der Waals surface area contributed by atoms with Crippen molar-refractivity contribution >= 4 is 5.69 Å². The zero-order valence-corrected chi connectivity index (χ0v) is 6.65. The van der Waals surface area contributed by atoms with Crippen molar-refractivity contribution in [3.05, 3.63) is 46.5 Å². The van der Waals surface area contributed by atoms with E-state index in [4.69, 9.17) is 0 Å². The van der Waals surface area contributed by atoms with Gasteiger partial charge in [-0.1, -0.05) is 12.1 Å². The molecule has 12 heavy (non-hydrogen) atoms. The van der Waals surface area contributed by atoms with Gasteiger partial charge in [-0.2, -0.15) is 0 Å². The fraction of sp³-hybridized carbons (Fsp3) is 0.125. The molecule has 1 aromatic carbocycles. The number of nitro groups is 1. The number of non-ortho nitro benzene ring substituents is 1. The van der Waals surface area contributed by atoms with E-state index in [0.717, 1.165) is 5.56 Å². The average Bonchev–Trinajstić information content (AvgIpc) is 2.05. The van der Waals surface area contributed by atoms with Crippen molar-refractivity contribution in [2.45, 2.75) is 0 Å². The monoisotopic (exact) mass is 165 g/mol. The molecule has 0 aliphatic carbocycles. The van der Waals surface area contributed by atoms with Crippen LogP contribution in [0.2, 0.25) is 0 Å².